The molecule has 0 fully saturated rings. The van der Waals surface area contributed by atoms with Crippen LogP contribution in [0.4, 0.5) is 4.39 Å². The number of rotatable bonds is 4. The van der Waals surface area contributed by atoms with E-state index in [1.54, 1.807) is 16.9 Å². The van der Waals surface area contributed by atoms with Gasteiger partial charge in [-0.3, -0.25) is 4.68 Å². The van der Waals surface area contributed by atoms with Gasteiger partial charge >= 0.3 is 0 Å². The highest BCUT2D eigenvalue weighted by molar-refractivity contribution is 6.31. The van der Waals surface area contributed by atoms with Gasteiger partial charge in [-0.25, -0.2) is 4.39 Å². The molecule has 0 N–H and O–H groups in total. The summed E-state index contributed by atoms with van der Waals surface area (Å²) in [5, 5.41) is 8.35. The average molecular weight is 282 g/mol. The number of hydrogen-bond donors (Lipinski definition) is 0. The molecule has 0 aliphatic carbocycles. The molecule has 0 radical (unpaired) electrons. The Morgan fingerprint density at radius 1 is 1.53 bits per heavy atom. The molecule has 100 valence electrons. The molecule has 6 heteroatoms. The normalized spacial score (nSPS) is 11.7. The summed E-state index contributed by atoms with van der Waals surface area (Å²) in [6.45, 7) is 2.01. The lowest BCUT2D eigenvalue weighted by Gasteiger charge is -2.03. The Balaban J connectivity index is 1.99. The van der Waals surface area contributed by atoms with Crippen molar-refractivity contribution < 1.29 is 9.23 Å². The lowest BCUT2D eigenvalue weighted by atomic mass is 10.2. The van der Waals surface area contributed by atoms with E-state index in [0.29, 0.717) is 16.3 Å². The Hall–Kier alpha value is -1.88. The van der Waals surface area contributed by atoms with E-state index >= 15 is 0 Å². The summed E-state index contributed by atoms with van der Waals surface area (Å²) in [7, 11) is 1.83. The first kappa shape index (κ1) is 13.5. The highest BCUT2D eigenvalue weighted by Gasteiger charge is 2.04. The van der Waals surface area contributed by atoms with Gasteiger partial charge in [-0.2, -0.15) is 5.10 Å². The van der Waals surface area contributed by atoms with Crippen molar-refractivity contribution in [1.29, 1.82) is 0 Å². The fourth-order valence-electron chi connectivity index (χ4n) is 1.50. The van der Waals surface area contributed by atoms with Crippen LogP contribution in [0.15, 0.2) is 35.7 Å². The maximum absolute atomic E-state index is 12.9. The van der Waals surface area contributed by atoms with Gasteiger partial charge in [-0.05, 0) is 19.1 Å². The second kappa shape index (κ2) is 5.84. The van der Waals surface area contributed by atoms with Crippen LogP contribution in [0.1, 0.15) is 18.1 Å². The quantitative estimate of drug-likeness (QED) is 0.638. The molecule has 0 aliphatic heterocycles. The van der Waals surface area contributed by atoms with Gasteiger partial charge in [0, 0.05) is 24.4 Å². The lowest BCUT2D eigenvalue weighted by molar-refractivity contribution is 0.130. The largest absolute Gasteiger partial charge is 0.391 e. The summed E-state index contributed by atoms with van der Waals surface area (Å²) in [4.78, 5) is 5.21. The van der Waals surface area contributed by atoms with Gasteiger partial charge in [0.15, 0.2) is 0 Å². The van der Waals surface area contributed by atoms with Crippen molar-refractivity contribution in [2.75, 3.05) is 0 Å². The van der Waals surface area contributed by atoms with Gasteiger partial charge in [0.1, 0.15) is 12.4 Å². The van der Waals surface area contributed by atoms with E-state index in [1.165, 1.54) is 12.1 Å². The van der Waals surface area contributed by atoms with Gasteiger partial charge in [0.05, 0.1) is 16.9 Å². The molecule has 1 aromatic carbocycles. The Bertz CT molecular complexity index is 610. The molecule has 2 aromatic rings. The monoisotopic (exact) mass is 281 g/mol. The molecule has 0 aliphatic rings. The average Bonchev–Trinajstić information content (AvgIpc) is 2.78. The molecule has 19 heavy (non-hydrogen) atoms. The molecule has 0 unspecified atom stereocenters. The zero-order chi connectivity index (χ0) is 13.8. The third-order valence-electron chi connectivity index (χ3n) is 2.56. The minimum Gasteiger partial charge on any atom is -0.391 e. The number of nitrogens with zero attached hydrogens (tertiary/aromatic N) is 3. The van der Waals surface area contributed by atoms with Crippen molar-refractivity contribution in [3.8, 4) is 0 Å². The van der Waals surface area contributed by atoms with E-state index in [0.717, 1.165) is 5.56 Å². The van der Waals surface area contributed by atoms with Crippen molar-refractivity contribution in [3.05, 3.63) is 52.6 Å². The number of aromatic nitrogens is 2. The van der Waals surface area contributed by atoms with Crippen LogP contribution in [0, 0.1) is 5.82 Å². The van der Waals surface area contributed by atoms with Crippen LogP contribution in [-0.4, -0.2) is 15.5 Å². The molecule has 4 nitrogen and oxygen atoms in total. The highest BCUT2D eigenvalue weighted by Crippen LogP contribution is 2.18. The molecule has 0 saturated carbocycles. The van der Waals surface area contributed by atoms with Gasteiger partial charge < -0.3 is 4.84 Å². The Morgan fingerprint density at radius 3 is 2.95 bits per heavy atom. The first-order valence-electron chi connectivity index (χ1n) is 5.66. The maximum Gasteiger partial charge on any atom is 0.143 e. The smallest absolute Gasteiger partial charge is 0.143 e. The van der Waals surface area contributed by atoms with E-state index in [-0.39, 0.29) is 12.4 Å². The maximum atomic E-state index is 12.9. The minimum atomic E-state index is -0.371. The van der Waals surface area contributed by atoms with Crippen LogP contribution in [0.25, 0.3) is 0 Å². The molecule has 0 bridgehead atoms. The fourth-order valence-corrected chi connectivity index (χ4v) is 1.72. The van der Waals surface area contributed by atoms with Crippen molar-refractivity contribution in [3.63, 3.8) is 0 Å². The first-order valence-corrected chi connectivity index (χ1v) is 6.03. The van der Waals surface area contributed by atoms with Crippen molar-refractivity contribution in [2.45, 2.75) is 13.5 Å². The van der Waals surface area contributed by atoms with Gasteiger partial charge in [-0.15, -0.1) is 0 Å². The number of hydrogen-bond acceptors (Lipinski definition) is 3. The van der Waals surface area contributed by atoms with Gasteiger partial charge in [-0.1, -0.05) is 22.8 Å². The predicted octanol–water partition coefficient (Wildman–Crippen LogP) is 3.15. The number of aryl methyl sites for hydroxylation is 1. The number of halogens is 2. The van der Waals surface area contributed by atoms with Crippen LogP contribution < -0.4 is 0 Å². The molecule has 1 aromatic heterocycles. The molecule has 1 heterocycles. The lowest BCUT2D eigenvalue weighted by Crippen LogP contribution is -1.96. The second-order valence-corrected chi connectivity index (χ2v) is 4.50. The third-order valence-corrected chi connectivity index (χ3v) is 2.91. The zero-order valence-electron chi connectivity index (χ0n) is 10.6. The van der Waals surface area contributed by atoms with Gasteiger partial charge in [0.2, 0.25) is 0 Å². The van der Waals surface area contributed by atoms with Crippen LogP contribution in [0.2, 0.25) is 5.02 Å². The predicted molar refractivity (Wildman–Crippen MR) is 71.6 cm³/mol. The minimum absolute atomic E-state index is 0.191. The standard InChI is InChI=1S/C13H13ClFN3O/c1-9(11-6-16-18(2)7-11)17-19-8-10-3-4-12(15)5-13(10)14/h3-7H,8H2,1-2H3. The van der Waals surface area contributed by atoms with Gasteiger partial charge in [0.25, 0.3) is 0 Å². The third kappa shape index (κ3) is 3.54. The summed E-state index contributed by atoms with van der Waals surface area (Å²) in [5.74, 6) is -0.371. The molecule has 0 atom stereocenters. The van der Waals surface area contributed by atoms with E-state index in [2.05, 4.69) is 10.3 Å². The van der Waals surface area contributed by atoms with Crippen molar-refractivity contribution >= 4 is 17.3 Å². The molecule has 0 saturated heterocycles. The van der Waals surface area contributed by atoms with Crippen molar-refractivity contribution in [1.82, 2.24) is 9.78 Å². The fraction of sp³-hybridized carbons (Fsp3) is 0.231. The topological polar surface area (TPSA) is 39.4 Å². The van der Waals surface area contributed by atoms with E-state index in [9.17, 15) is 4.39 Å². The molecule has 0 spiro atoms. The molecule has 0 amide bonds. The van der Waals surface area contributed by atoms with E-state index < -0.39 is 0 Å². The second-order valence-electron chi connectivity index (χ2n) is 4.09. The van der Waals surface area contributed by atoms with E-state index in [4.69, 9.17) is 16.4 Å². The first-order chi connectivity index (χ1) is 9.06. The molecular weight excluding hydrogens is 269 g/mol. The summed E-state index contributed by atoms with van der Waals surface area (Å²) in [6.07, 6.45) is 3.54. The summed E-state index contributed by atoms with van der Waals surface area (Å²) in [5.41, 5.74) is 2.28. The van der Waals surface area contributed by atoms with Crippen LogP contribution >= 0.6 is 11.6 Å². The summed E-state index contributed by atoms with van der Waals surface area (Å²) < 4.78 is 14.5. The highest BCUT2D eigenvalue weighted by atomic mass is 35.5. The van der Waals surface area contributed by atoms with Crippen LogP contribution in [-0.2, 0) is 18.5 Å². The molecule has 2 rings (SSSR count). The zero-order valence-corrected chi connectivity index (χ0v) is 11.4. The SMILES string of the molecule is CC(=NOCc1ccc(F)cc1Cl)c1cnn(C)c1. The Morgan fingerprint density at radius 2 is 2.32 bits per heavy atom. The number of oxime groups is 1. The van der Waals surface area contributed by atoms with E-state index in [1.807, 2.05) is 20.2 Å². The summed E-state index contributed by atoms with van der Waals surface area (Å²) >= 11 is 5.88. The molecular formula is C13H13ClFN3O. The Labute approximate surface area is 115 Å². The Kier molecular flexibility index (Phi) is 4.16. The van der Waals surface area contributed by atoms with Crippen LogP contribution in [0.5, 0.6) is 0 Å². The summed E-state index contributed by atoms with van der Waals surface area (Å²) in [6, 6.07) is 4.16. The van der Waals surface area contributed by atoms with Crippen LogP contribution in [0.3, 0.4) is 0 Å². The van der Waals surface area contributed by atoms with Crippen molar-refractivity contribution in [2.24, 2.45) is 12.2 Å². The number of benzene rings is 1.